The zero-order chi connectivity index (χ0) is 11.3. The normalized spacial score (nSPS) is 12.0. The minimum atomic E-state index is -4.04. The van der Waals surface area contributed by atoms with E-state index >= 15 is 0 Å². The number of halogens is 3. The van der Waals surface area contributed by atoms with Crippen LogP contribution in [-0.4, -0.2) is 17.7 Å². The standard InChI is InChI=1S/C9H13F3N2S/c1-7-6-15-8(14-7)5-13-4-2-3-9(10,11)12/h6,13H,2-5H2,1H3. The molecule has 0 atom stereocenters. The molecule has 1 N–H and O–H groups in total. The number of nitrogens with one attached hydrogen (secondary N) is 1. The van der Waals surface area contributed by atoms with Gasteiger partial charge in [0.2, 0.25) is 0 Å². The summed E-state index contributed by atoms with van der Waals surface area (Å²) in [6.45, 7) is 2.82. The number of aromatic nitrogens is 1. The molecule has 0 amide bonds. The van der Waals surface area contributed by atoms with Crippen LogP contribution in [0.25, 0.3) is 0 Å². The summed E-state index contributed by atoms with van der Waals surface area (Å²) in [5.41, 5.74) is 0.951. The summed E-state index contributed by atoms with van der Waals surface area (Å²) in [7, 11) is 0. The highest BCUT2D eigenvalue weighted by molar-refractivity contribution is 7.09. The van der Waals surface area contributed by atoms with Crippen LogP contribution in [0.3, 0.4) is 0 Å². The SMILES string of the molecule is Cc1csc(CNCCCC(F)(F)F)n1. The molecule has 15 heavy (non-hydrogen) atoms. The van der Waals surface area contributed by atoms with E-state index in [1.165, 1.54) is 11.3 Å². The second-order valence-corrected chi connectivity index (χ2v) is 4.22. The van der Waals surface area contributed by atoms with Gasteiger partial charge in [0.25, 0.3) is 0 Å². The molecule has 1 aromatic heterocycles. The van der Waals surface area contributed by atoms with Crippen LogP contribution in [0.2, 0.25) is 0 Å². The van der Waals surface area contributed by atoms with Crippen molar-refractivity contribution < 1.29 is 13.2 Å². The third kappa shape index (κ3) is 5.74. The molecule has 0 bridgehead atoms. The van der Waals surface area contributed by atoms with Gasteiger partial charge >= 0.3 is 6.18 Å². The first-order valence-corrected chi connectivity index (χ1v) is 5.54. The average molecular weight is 238 g/mol. The second kappa shape index (κ2) is 5.46. The number of hydrogen-bond acceptors (Lipinski definition) is 3. The Morgan fingerprint density at radius 2 is 2.20 bits per heavy atom. The molecule has 0 aliphatic carbocycles. The van der Waals surface area contributed by atoms with Crippen molar-refractivity contribution in [3.05, 3.63) is 16.1 Å². The molecule has 0 unspecified atom stereocenters. The van der Waals surface area contributed by atoms with Gasteiger partial charge in [0.1, 0.15) is 5.01 Å². The Morgan fingerprint density at radius 1 is 1.47 bits per heavy atom. The molecule has 0 aromatic carbocycles. The molecule has 0 fully saturated rings. The van der Waals surface area contributed by atoms with E-state index in [4.69, 9.17) is 0 Å². The minimum Gasteiger partial charge on any atom is -0.310 e. The Hall–Kier alpha value is -0.620. The van der Waals surface area contributed by atoms with Crippen LogP contribution in [0, 0.1) is 6.92 Å². The van der Waals surface area contributed by atoms with Crippen molar-refractivity contribution in [2.75, 3.05) is 6.54 Å². The van der Waals surface area contributed by atoms with Crippen LogP contribution in [0.15, 0.2) is 5.38 Å². The third-order valence-corrected chi connectivity index (χ3v) is 2.72. The van der Waals surface area contributed by atoms with E-state index in [9.17, 15) is 13.2 Å². The number of alkyl halides is 3. The predicted octanol–water partition coefficient (Wildman–Crippen LogP) is 2.88. The van der Waals surface area contributed by atoms with Gasteiger partial charge in [-0.05, 0) is 19.9 Å². The molecule has 2 nitrogen and oxygen atoms in total. The Balaban J connectivity index is 2.07. The number of nitrogens with zero attached hydrogens (tertiary/aromatic N) is 1. The highest BCUT2D eigenvalue weighted by Gasteiger charge is 2.25. The molecule has 0 radical (unpaired) electrons. The maximum atomic E-state index is 11.8. The Labute approximate surface area is 90.5 Å². The molecule has 0 spiro atoms. The van der Waals surface area contributed by atoms with Crippen molar-refractivity contribution in [3.63, 3.8) is 0 Å². The van der Waals surface area contributed by atoms with Crippen LogP contribution < -0.4 is 5.32 Å². The fourth-order valence-electron chi connectivity index (χ4n) is 1.09. The van der Waals surface area contributed by atoms with Crippen LogP contribution >= 0.6 is 11.3 Å². The summed E-state index contributed by atoms with van der Waals surface area (Å²) in [6.07, 6.45) is -4.65. The minimum absolute atomic E-state index is 0.119. The van der Waals surface area contributed by atoms with Gasteiger partial charge in [0.05, 0.1) is 0 Å². The van der Waals surface area contributed by atoms with E-state index in [1.54, 1.807) is 0 Å². The topological polar surface area (TPSA) is 24.9 Å². The molecular formula is C9H13F3N2S. The molecule has 1 heterocycles. The van der Waals surface area contributed by atoms with Gasteiger partial charge in [0, 0.05) is 24.0 Å². The lowest BCUT2D eigenvalue weighted by Gasteiger charge is -2.05. The second-order valence-electron chi connectivity index (χ2n) is 3.28. The molecule has 0 saturated heterocycles. The molecule has 0 aliphatic heterocycles. The lowest BCUT2D eigenvalue weighted by Crippen LogP contribution is -2.17. The first-order chi connectivity index (χ1) is 6.97. The zero-order valence-electron chi connectivity index (χ0n) is 8.40. The molecule has 1 aromatic rings. The Bertz CT molecular complexity index is 296. The third-order valence-electron chi connectivity index (χ3n) is 1.76. The zero-order valence-corrected chi connectivity index (χ0v) is 9.21. The number of aryl methyl sites for hydroxylation is 1. The number of rotatable bonds is 5. The van der Waals surface area contributed by atoms with E-state index in [2.05, 4.69) is 10.3 Å². The summed E-state index contributed by atoms with van der Waals surface area (Å²) in [5, 5.41) is 5.78. The van der Waals surface area contributed by atoms with Crippen molar-refractivity contribution in [2.24, 2.45) is 0 Å². The first kappa shape index (κ1) is 12.4. The fraction of sp³-hybridized carbons (Fsp3) is 0.667. The van der Waals surface area contributed by atoms with Gasteiger partial charge in [-0.25, -0.2) is 4.98 Å². The van der Waals surface area contributed by atoms with Gasteiger partial charge in [0.15, 0.2) is 0 Å². The van der Waals surface area contributed by atoms with Crippen LogP contribution in [-0.2, 0) is 6.54 Å². The highest BCUT2D eigenvalue weighted by atomic mass is 32.1. The summed E-state index contributed by atoms with van der Waals surface area (Å²) >= 11 is 1.52. The quantitative estimate of drug-likeness (QED) is 0.798. The van der Waals surface area contributed by atoms with Gasteiger partial charge in [-0.3, -0.25) is 0 Å². The van der Waals surface area contributed by atoms with Crippen molar-refractivity contribution in [1.29, 1.82) is 0 Å². The van der Waals surface area contributed by atoms with Crippen molar-refractivity contribution in [2.45, 2.75) is 32.5 Å². The van der Waals surface area contributed by atoms with E-state index in [0.29, 0.717) is 13.1 Å². The lowest BCUT2D eigenvalue weighted by atomic mass is 10.3. The lowest BCUT2D eigenvalue weighted by molar-refractivity contribution is -0.135. The van der Waals surface area contributed by atoms with Crippen LogP contribution in [0.5, 0.6) is 0 Å². The molecule has 0 aliphatic rings. The van der Waals surface area contributed by atoms with Gasteiger partial charge in [-0.15, -0.1) is 11.3 Å². The maximum Gasteiger partial charge on any atom is 0.389 e. The van der Waals surface area contributed by atoms with Crippen molar-refractivity contribution in [1.82, 2.24) is 10.3 Å². The fourth-order valence-corrected chi connectivity index (χ4v) is 1.83. The monoisotopic (exact) mass is 238 g/mol. The summed E-state index contributed by atoms with van der Waals surface area (Å²) in [4.78, 5) is 4.19. The maximum absolute atomic E-state index is 11.8. The molecular weight excluding hydrogens is 225 g/mol. The Kier molecular flexibility index (Phi) is 4.53. The first-order valence-electron chi connectivity index (χ1n) is 4.66. The van der Waals surface area contributed by atoms with E-state index in [1.807, 2.05) is 12.3 Å². The largest absolute Gasteiger partial charge is 0.389 e. The van der Waals surface area contributed by atoms with Crippen molar-refractivity contribution >= 4 is 11.3 Å². The summed E-state index contributed by atoms with van der Waals surface area (Å²) in [5.74, 6) is 0. The van der Waals surface area contributed by atoms with Crippen LogP contribution in [0.4, 0.5) is 13.2 Å². The van der Waals surface area contributed by atoms with Crippen molar-refractivity contribution in [3.8, 4) is 0 Å². The Morgan fingerprint density at radius 3 is 2.73 bits per heavy atom. The summed E-state index contributed by atoms with van der Waals surface area (Å²) in [6, 6.07) is 0. The molecule has 86 valence electrons. The molecule has 1 rings (SSSR count). The van der Waals surface area contributed by atoms with Gasteiger partial charge in [-0.1, -0.05) is 0 Å². The number of hydrogen-bond donors (Lipinski definition) is 1. The highest BCUT2D eigenvalue weighted by Crippen LogP contribution is 2.20. The number of thiazole rings is 1. The van der Waals surface area contributed by atoms with E-state index in [-0.39, 0.29) is 6.42 Å². The van der Waals surface area contributed by atoms with E-state index in [0.717, 1.165) is 10.7 Å². The average Bonchev–Trinajstić information content (AvgIpc) is 2.49. The predicted molar refractivity (Wildman–Crippen MR) is 53.8 cm³/mol. The molecule has 0 saturated carbocycles. The smallest absolute Gasteiger partial charge is 0.310 e. The van der Waals surface area contributed by atoms with E-state index < -0.39 is 12.6 Å². The summed E-state index contributed by atoms with van der Waals surface area (Å²) < 4.78 is 35.3. The molecule has 6 heteroatoms. The van der Waals surface area contributed by atoms with Gasteiger partial charge < -0.3 is 5.32 Å². The van der Waals surface area contributed by atoms with Gasteiger partial charge in [-0.2, -0.15) is 13.2 Å². The van der Waals surface area contributed by atoms with Crippen LogP contribution in [0.1, 0.15) is 23.5 Å².